The largest absolute Gasteiger partial charge is 0.308 e. The lowest BCUT2D eigenvalue weighted by Crippen LogP contribution is -2.08. The van der Waals surface area contributed by atoms with Crippen LogP contribution in [0.1, 0.15) is 0 Å². The summed E-state index contributed by atoms with van der Waals surface area (Å²) in [5, 5.41) is 6.87. The second kappa shape index (κ2) is 13.8. The third-order valence-electron chi connectivity index (χ3n) is 11.8. The Morgan fingerprint density at radius 3 is 1.42 bits per heavy atom. The molecule has 9 aromatic carbocycles. The molecule has 5 heteroatoms. The topological polar surface area (TPSA) is 48.5 Å². The number of hydrogen-bond acceptors (Lipinski definition) is 3. The zero-order chi connectivity index (χ0) is 39.6. The minimum Gasteiger partial charge on any atom is -0.308 e. The second-order valence-electron chi connectivity index (χ2n) is 15.2. The van der Waals surface area contributed by atoms with E-state index in [4.69, 9.17) is 15.0 Å². The average molecular weight is 766 g/mol. The minimum absolute atomic E-state index is 0.558. The first-order valence-corrected chi connectivity index (χ1v) is 20.3. The maximum absolute atomic E-state index is 5.48. The number of hydrogen-bond donors (Lipinski definition) is 0. The smallest absolute Gasteiger partial charge is 0.238 e. The fraction of sp³-hybridized carbons (Fsp3) is 0. The molecular weight excluding hydrogens is 731 g/mol. The van der Waals surface area contributed by atoms with Crippen molar-refractivity contribution in [2.24, 2.45) is 0 Å². The van der Waals surface area contributed by atoms with E-state index in [1.165, 1.54) is 16.3 Å². The molecule has 0 saturated heterocycles. The van der Waals surface area contributed by atoms with Crippen LogP contribution in [-0.2, 0) is 0 Å². The van der Waals surface area contributed by atoms with Gasteiger partial charge in [0.1, 0.15) is 0 Å². The van der Waals surface area contributed by atoms with Gasteiger partial charge in [0.05, 0.1) is 27.8 Å². The maximum Gasteiger partial charge on any atom is 0.238 e. The van der Waals surface area contributed by atoms with E-state index in [-0.39, 0.29) is 0 Å². The zero-order valence-electron chi connectivity index (χ0n) is 32.4. The number of nitrogens with zero attached hydrogens (tertiary/aromatic N) is 5. The third-order valence-corrected chi connectivity index (χ3v) is 11.8. The second-order valence-corrected chi connectivity index (χ2v) is 15.2. The van der Waals surface area contributed by atoms with Crippen LogP contribution in [0, 0.1) is 0 Å². The van der Waals surface area contributed by atoms with E-state index in [1.807, 2.05) is 0 Å². The molecule has 60 heavy (non-hydrogen) atoms. The molecule has 0 atom stereocenters. The van der Waals surface area contributed by atoms with Crippen molar-refractivity contribution >= 4 is 54.4 Å². The number of aromatic nitrogens is 5. The molecule has 0 N–H and O–H groups in total. The lowest BCUT2D eigenvalue weighted by molar-refractivity contribution is 0.952. The van der Waals surface area contributed by atoms with Gasteiger partial charge < -0.3 is 4.57 Å². The summed E-state index contributed by atoms with van der Waals surface area (Å²) in [5.74, 6) is 1.76. The molecule has 12 aromatic rings. The van der Waals surface area contributed by atoms with Crippen LogP contribution in [0.3, 0.4) is 0 Å². The zero-order valence-corrected chi connectivity index (χ0v) is 32.4. The molecule has 0 aliphatic heterocycles. The molecule has 0 spiro atoms. The normalized spacial score (nSPS) is 11.7. The molecule has 0 radical (unpaired) electrons. The molecule has 280 valence electrons. The summed E-state index contributed by atoms with van der Waals surface area (Å²) in [6, 6.07) is 75.1. The van der Waals surface area contributed by atoms with Crippen LogP contribution in [0.15, 0.2) is 212 Å². The van der Waals surface area contributed by atoms with Gasteiger partial charge in [0.2, 0.25) is 5.95 Å². The predicted molar refractivity (Wildman–Crippen MR) is 248 cm³/mol. The summed E-state index contributed by atoms with van der Waals surface area (Å²) in [6.07, 6.45) is 0. The Morgan fingerprint density at radius 1 is 0.283 bits per heavy atom. The van der Waals surface area contributed by atoms with Gasteiger partial charge >= 0.3 is 0 Å². The molecule has 0 fully saturated rings. The average Bonchev–Trinajstić information content (AvgIpc) is 3.84. The lowest BCUT2D eigenvalue weighted by Gasteiger charge is -2.16. The van der Waals surface area contributed by atoms with Crippen molar-refractivity contribution in [1.29, 1.82) is 0 Å². The van der Waals surface area contributed by atoms with Gasteiger partial charge in [-0.15, -0.1) is 0 Å². The molecule has 0 unspecified atom stereocenters. The van der Waals surface area contributed by atoms with Crippen molar-refractivity contribution in [3.63, 3.8) is 0 Å². The summed E-state index contributed by atoms with van der Waals surface area (Å²) in [6.45, 7) is 0. The van der Waals surface area contributed by atoms with Gasteiger partial charge in [-0.05, 0) is 69.4 Å². The molecule has 3 heterocycles. The highest BCUT2D eigenvalue weighted by Gasteiger charge is 2.22. The Labute approximate surface area is 346 Å². The van der Waals surface area contributed by atoms with Crippen LogP contribution >= 0.6 is 0 Å². The van der Waals surface area contributed by atoms with E-state index in [0.29, 0.717) is 17.6 Å². The minimum atomic E-state index is 0.558. The summed E-state index contributed by atoms with van der Waals surface area (Å²) in [4.78, 5) is 16.3. The first kappa shape index (κ1) is 33.9. The van der Waals surface area contributed by atoms with Crippen LogP contribution in [0.2, 0.25) is 0 Å². The van der Waals surface area contributed by atoms with E-state index in [9.17, 15) is 0 Å². The van der Waals surface area contributed by atoms with Crippen molar-refractivity contribution in [3.8, 4) is 56.7 Å². The van der Waals surface area contributed by atoms with Crippen LogP contribution in [0.25, 0.3) is 111 Å². The van der Waals surface area contributed by atoms with Gasteiger partial charge in [0, 0.05) is 32.7 Å². The molecule has 3 aromatic heterocycles. The summed E-state index contributed by atoms with van der Waals surface area (Å²) < 4.78 is 4.59. The van der Waals surface area contributed by atoms with Crippen LogP contribution < -0.4 is 0 Å². The van der Waals surface area contributed by atoms with Crippen LogP contribution in [-0.4, -0.2) is 24.1 Å². The number of para-hydroxylation sites is 3. The van der Waals surface area contributed by atoms with Crippen LogP contribution in [0.5, 0.6) is 0 Å². The van der Waals surface area contributed by atoms with Crippen molar-refractivity contribution < 1.29 is 0 Å². The summed E-state index contributed by atoms with van der Waals surface area (Å²) in [5.41, 5.74) is 11.7. The molecule has 0 aliphatic carbocycles. The highest BCUT2D eigenvalue weighted by molar-refractivity contribution is 6.11. The van der Waals surface area contributed by atoms with E-state index in [1.54, 1.807) is 0 Å². The van der Waals surface area contributed by atoms with Crippen molar-refractivity contribution in [3.05, 3.63) is 212 Å². The highest BCUT2D eigenvalue weighted by Crippen LogP contribution is 2.39. The summed E-state index contributed by atoms with van der Waals surface area (Å²) >= 11 is 0. The number of rotatable bonds is 6. The molecule has 0 bridgehead atoms. The monoisotopic (exact) mass is 765 g/mol. The predicted octanol–water partition coefficient (Wildman–Crippen LogP) is 13.9. The quantitative estimate of drug-likeness (QED) is 0.169. The number of fused-ring (bicyclic) bond motifs is 7. The third kappa shape index (κ3) is 5.44. The van der Waals surface area contributed by atoms with E-state index < -0.39 is 0 Å². The first-order valence-electron chi connectivity index (χ1n) is 20.3. The fourth-order valence-electron chi connectivity index (χ4n) is 9.02. The van der Waals surface area contributed by atoms with Crippen molar-refractivity contribution in [2.75, 3.05) is 0 Å². The molecule has 0 amide bonds. The number of benzene rings is 9. The Kier molecular flexibility index (Phi) is 7.78. The Bertz CT molecular complexity index is 3600. The van der Waals surface area contributed by atoms with E-state index in [2.05, 4.69) is 221 Å². The van der Waals surface area contributed by atoms with Gasteiger partial charge in [0.25, 0.3) is 0 Å². The molecular formula is C55H35N5. The van der Waals surface area contributed by atoms with Gasteiger partial charge in [0.15, 0.2) is 11.6 Å². The molecule has 0 aliphatic rings. The van der Waals surface area contributed by atoms with Crippen LogP contribution in [0.4, 0.5) is 0 Å². The van der Waals surface area contributed by atoms with E-state index in [0.717, 1.165) is 77.1 Å². The Balaban J connectivity index is 1.16. The molecule has 12 rings (SSSR count). The SMILES string of the molecule is c1ccc(-c2ccc3c4ccccc4n(-c4nc(-c5ccccc5-n5c6ccccc6c6ccc(-c7ccccc7)cc65)nc(-c5cccc6ccccc56)n4)c3c2)cc1. The Hall–Kier alpha value is -8.15. The van der Waals surface area contributed by atoms with Gasteiger partial charge in [-0.1, -0.05) is 176 Å². The molecule has 5 nitrogen and oxygen atoms in total. The highest BCUT2D eigenvalue weighted by atomic mass is 15.2. The van der Waals surface area contributed by atoms with Crippen molar-refractivity contribution in [1.82, 2.24) is 24.1 Å². The Morgan fingerprint density at radius 2 is 0.750 bits per heavy atom. The molecule has 0 saturated carbocycles. The lowest BCUT2D eigenvalue weighted by atomic mass is 10.0. The van der Waals surface area contributed by atoms with Crippen molar-refractivity contribution in [2.45, 2.75) is 0 Å². The fourth-order valence-corrected chi connectivity index (χ4v) is 9.02. The van der Waals surface area contributed by atoms with Gasteiger partial charge in [-0.25, -0.2) is 4.98 Å². The van der Waals surface area contributed by atoms with Gasteiger partial charge in [-0.2, -0.15) is 9.97 Å². The maximum atomic E-state index is 5.48. The first-order chi connectivity index (χ1) is 29.8. The summed E-state index contributed by atoms with van der Waals surface area (Å²) in [7, 11) is 0. The van der Waals surface area contributed by atoms with Gasteiger partial charge in [-0.3, -0.25) is 4.57 Å². The van der Waals surface area contributed by atoms with E-state index >= 15 is 0 Å². The standard InChI is InChI=1S/C55H35N5/c1-3-16-36(17-4-1)39-30-32-44-42-23-9-12-27-48(42)59(51(44)34-39)50-29-14-11-25-47(50)54-56-53(46-26-15-21-38-20-7-8-22-41(38)46)57-55(58-54)60-49-28-13-10-24-43(49)45-33-31-40(35-52(45)60)37-18-5-2-6-19-37/h1-35H.